The minimum atomic E-state index is -0.350. The molecule has 1 fully saturated rings. The average molecular weight is 312 g/mol. The molecule has 1 aliphatic rings. The van der Waals surface area contributed by atoms with Crippen LogP contribution in [0.2, 0.25) is 0 Å². The molecule has 0 radical (unpaired) electrons. The minimum Gasteiger partial charge on any atom is -0.410 e. The normalized spacial score (nSPS) is 15.4. The zero-order valence-corrected chi connectivity index (χ0v) is 12.9. The molecule has 2 aromatic rings. The van der Waals surface area contributed by atoms with Gasteiger partial charge in [0.15, 0.2) is 0 Å². The molecule has 3 rings (SSSR count). The van der Waals surface area contributed by atoms with Gasteiger partial charge in [-0.15, -0.1) is 0 Å². The van der Waals surface area contributed by atoms with Crippen LogP contribution in [0.3, 0.4) is 0 Å². The predicted molar refractivity (Wildman–Crippen MR) is 86.3 cm³/mol. The molecule has 0 saturated carbocycles. The maximum atomic E-state index is 12.1. The first kappa shape index (κ1) is 15.5. The van der Waals surface area contributed by atoms with E-state index in [0.717, 1.165) is 17.5 Å². The van der Waals surface area contributed by atoms with Crippen molar-refractivity contribution in [2.75, 3.05) is 13.1 Å². The van der Waals surface area contributed by atoms with Crippen molar-refractivity contribution in [3.63, 3.8) is 0 Å². The second-order valence-electron chi connectivity index (χ2n) is 5.77. The van der Waals surface area contributed by atoms with E-state index < -0.39 is 0 Å². The molecule has 23 heavy (non-hydrogen) atoms. The largest absolute Gasteiger partial charge is 0.415 e. The van der Waals surface area contributed by atoms with Crippen molar-refractivity contribution in [3.8, 4) is 5.75 Å². The highest BCUT2D eigenvalue weighted by Gasteiger charge is 2.22. The van der Waals surface area contributed by atoms with Gasteiger partial charge in [-0.1, -0.05) is 18.2 Å². The number of aromatic nitrogens is 1. The van der Waals surface area contributed by atoms with E-state index in [1.54, 1.807) is 11.1 Å². The summed E-state index contributed by atoms with van der Waals surface area (Å²) in [6.45, 7) is 1.08. The number of hydrogen-bond acceptors (Lipinski definition) is 4. The van der Waals surface area contributed by atoms with Crippen molar-refractivity contribution < 1.29 is 14.6 Å². The summed E-state index contributed by atoms with van der Waals surface area (Å²) < 4.78 is 5.39. The Labute approximate surface area is 135 Å². The second kappa shape index (κ2) is 7.24. The van der Waals surface area contributed by atoms with Gasteiger partial charge in [0.2, 0.25) is 0 Å². The van der Waals surface area contributed by atoms with Gasteiger partial charge in [-0.3, -0.25) is 4.98 Å². The number of pyridine rings is 1. The van der Waals surface area contributed by atoms with Gasteiger partial charge >= 0.3 is 6.09 Å². The van der Waals surface area contributed by atoms with Crippen molar-refractivity contribution >= 4 is 6.09 Å². The third kappa shape index (κ3) is 4.29. The van der Waals surface area contributed by atoms with Gasteiger partial charge in [0.1, 0.15) is 5.75 Å². The first-order chi connectivity index (χ1) is 11.2. The minimum absolute atomic E-state index is 0.300. The fourth-order valence-corrected chi connectivity index (χ4v) is 2.63. The van der Waals surface area contributed by atoms with Crippen LogP contribution in [0.4, 0.5) is 4.79 Å². The number of carbonyl (C=O) groups is 1. The Hall–Kier alpha value is -2.40. The Morgan fingerprint density at radius 3 is 2.57 bits per heavy atom. The van der Waals surface area contributed by atoms with E-state index in [1.165, 1.54) is 0 Å². The van der Waals surface area contributed by atoms with E-state index in [9.17, 15) is 9.90 Å². The number of rotatable bonds is 3. The predicted octanol–water partition coefficient (Wildman–Crippen LogP) is 2.63. The Balaban J connectivity index is 1.56. The Morgan fingerprint density at radius 1 is 1.17 bits per heavy atom. The van der Waals surface area contributed by atoms with Crippen LogP contribution in [0, 0.1) is 0 Å². The van der Waals surface area contributed by atoms with Gasteiger partial charge in [0, 0.05) is 25.5 Å². The summed E-state index contributed by atoms with van der Waals surface area (Å²) >= 11 is 0. The van der Waals surface area contributed by atoms with E-state index in [1.807, 2.05) is 42.6 Å². The van der Waals surface area contributed by atoms with E-state index in [-0.39, 0.29) is 12.2 Å². The van der Waals surface area contributed by atoms with E-state index in [2.05, 4.69) is 4.98 Å². The van der Waals surface area contributed by atoms with Crippen LogP contribution >= 0.6 is 0 Å². The van der Waals surface area contributed by atoms with Gasteiger partial charge in [0.25, 0.3) is 0 Å². The monoisotopic (exact) mass is 312 g/mol. The summed E-state index contributed by atoms with van der Waals surface area (Å²) in [4.78, 5) is 17.8. The molecule has 1 amide bonds. The number of aliphatic hydroxyl groups is 1. The molecule has 0 atom stereocenters. The molecule has 0 aliphatic carbocycles. The van der Waals surface area contributed by atoms with E-state index in [0.29, 0.717) is 31.7 Å². The number of benzene rings is 1. The highest BCUT2D eigenvalue weighted by atomic mass is 16.6. The first-order valence-electron chi connectivity index (χ1n) is 7.83. The van der Waals surface area contributed by atoms with Crippen molar-refractivity contribution in [3.05, 3.63) is 59.9 Å². The van der Waals surface area contributed by atoms with Crippen molar-refractivity contribution in [1.82, 2.24) is 9.88 Å². The summed E-state index contributed by atoms with van der Waals surface area (Å²) in [6, 6.07) is 11.5. The van der Waals surface area contributed by atoms with Crippen LogP contribution in [0.5, 0.6) is 5.75 Å². The number of nitrogens with zero attached hydrogens (tertiary/aromatic N) is 2. The van der Waals surface area contributed by atoms with Crippen molar-refractivity contribution in [1.29, 1.82) is 0 Å². The lowest BCUT2D eigenvalue weighted by molar-refractivity contribution is 0.0798. The van der Waals surface area contributed by atoms with Crippen LogP contribution in [0.1, 0.15) is 24.0 Å². The van der Waals surface area contributed by atoms with Crippen molar-refractivity contribution in [2.24, 2.45) is 0 Å². The lowest BCUT2D eigenvalue weighted by Gasteiger charge is -2.28. The summed E-state index contributed by atoms with van der Waals surface area (Å²) in [5, 5.41) is 9.47. The number of amides is 1. The molecule has 2 heterocycles. The number of aliphatic hydroxyl groups excluding tert-OH is 1. The smallest absolute Gasteiger partial charge is 0.410 e. The fourth-order valence-electron chi connectivity index (χ4n) is 2.63. The van der Waals surface area contributed by atoms with E-state index >= 15 is 0 Å². The Morgan fingerprint density at radius 2 is 1.91 bits per heavy atom. The van der Waals surface area contributed by atoms with E-state index in [4.69, 9.17) is 4.74 Å². The average Bonchev–Trinajstić information content (AvgIpc) is 2.58. The molecule has 0 spiro atoms. The highest BCUT2D eigenvalue weighted by Crippen LogP contribution is 2.17. The standard InChI is InChI=1S/C18H20N2O3/c21-16-7-10-20(11-8-16)18(22)23-17-5-3-14(4-6-17)12-15-2-1-9-19-13-15/h1-6,9,13,16,21H,7-8,10-12H2. The summed E-state index contributed by atoms with van der Waals surface area (Å²) in [7, 11) is 0. The van der Waals surface area contributed by atoms with Crippen LogP contribution < -0.4 is 4.74 Å². The van der Waals surface area contributed by atoms with Crippen LogP contribution in [0.25, 0.3) is 0 Å². The maximum Gasteiger partial charge on any atom is 0.415 e. The zero-order valence-electron chi connectivity index (χ0n) is 12.9. The molecule has 1 aromatic carbocycles. The van der Waals surface area contributed by atoms with Gasteiger partial charge in [-0.25, -0.2) is 4.79 Å². The van der Waals surface area contributed by atoms with Crippen LogP contribution in [-0.4, -0.2) is 40.3 Å². The van der Waals surface area contributed by atoms with Gasteiger partial charge in [0.05, 0.1) is 6.10 Å². The zero-order chi connectivity index (χ0) is 16.1. The number of ether oxygens (including phenoxy) is 1. The third-order valence-corrected chi connectivity index (χ3v) is 3.98. The number of likely N-dealkylation sites (tertiary alicyclic amines) is 1. The fraction of sp³-hybridized carbons (Fsp3) is 0.333. The van der Waals surface area contributed by atoms with Crippen LogP contribution in [0.15, 0.2) is 48.8 Å². The number of carbonyl (C=O) groups excluding carboxylic acids is 1. The Bertz CT molecular complexity index is 635. The topological polar surface area (TPSA) is 62.7 Å². The molecular weight excluding hydrogens is 292 g/mol. The number of hydrogen-bond donors (Lipinski definition) is 1. The molecule has 1 saturated heterocycles. The summed E-state index contributed by atoms with van der Waals surface area (Å²) in [6.07, 6.45) is 4.97. The highest BCUT2D eigenvalue weighted by molar-refractivity contribution is 5.70. The molecule has 5 heteroatoms. The molecular formula is C18H20N2O3. The van der Waals surface area contributed by atoms with Crippen LogP contribution in [-0.2, 0) is 6.42 Å². The number of piperidine rings is 1. The molecule has 1 aromatic heterocycles. The Kier molecular flexibility index (Phi) is 4.88. The van der Waals surface area contributed by atoms with Gasteiger partial charge in [-0.05, 0) is 48.6 Å². The molecule has 120 valence electrons. The molecule has 5 nitrogen and oxygen atoms in total. The SMILES string of the molecule is O=C(Oc1ccc(Cc2cccnc2)cc1)N1CCC(O)CC1. The summed E-state index contributed by atoms with van der Waals surface area (Å²) in [5.41, 5.74) is 2.28. The quantitative estimate of drug-likeness (QED) is 0.946. The summed E-state index contributed by atoms with van der Waals surface area (Å²) in [5.74, 6) is 0.538. The second-order valence-corrected chi connectivity index (χ2v) is 5.77. The lowest BCUT2D eigenvalue weighted by atomic mass is 10.1. The van der Waals surface area contributed by atoms with Gasteiger partial charge in [-0.2, -0.15) is 0 Å². The molecule has 1 N–H and O–H groups in total. The molecule has 0 bridgehead atoms. The lowest BCUT2D eigenvalue weighted by Crippen LogP contribution is -2.41. The first-order valence-corrected chi connectivity index (χ1v) is 7.83. The third-order valence-electron chi connectivity index (χ3n) is 3.98. The molecule has 1 aliphatic heterocycles. The molecule has 0 unspecified atom stereocenters. The maximum absolute atomic E-state index is 12.1. The van der Waals surface area contributed by atoms with Crippen molar-refractivity contribution in [2.45, 2.75) is 25.4 Å². The van der Waals surface area contributed by atoms with Gasteiger partial charge < -0.3 is 14.7 Å².